The molecule has 148 valence electrons. The Labute approximate surface area is 172 Å². The Morgan fingerprint density at radius 3 is 2.71 bits per heavy atom. The molecule has 1 aromatic heterocycles. The molecule has 1 aromatic carbocycles. The van der Waals surface area contributed by atoms with Gasteiger partial charge in [-0.25, -0.2) is 4.79 Å². The van der Waals surface area contributed by atoms with Gasteiger partial charge in [-0.2, -0.15) is 0 Å². The molecule has 0 saturated heterocycles. The first kappa shape index (κ1) is 20.4. The summed E-state index contributed by atoms with van der Waals surface area (Å²) in [5.41, 5.74) is 2.07. The molecule has 2 aromatic rings. The standard InChI is InChI=1S/C20H22N2O4S2/c1-4-12-11(3)27-19(17(12)20(25)26-5-2)22-16(23)10-15-18(24)21-13-8-6-7-9-14(13)28-15/h6-9,15H,4-5,10H2,1-3H3,(H,21,24)(H,22,23). The molecule has 1 aliphatic heterocycles. The maximum Gasteiger partial charge on any atom is 0.341 e. The van der Waals surface area contributed by atoms with Gasteiger partial charge in [0.15, 0.2) is 0 Å². The maximum absolute atomic E-state index is 12.6. The van der Waals surface area contributed by atoms with Crippen molar-refractivity contribution >= 4 is 51.6 Å². The molecular formula is C20H22N2O4S2. The number of thiophene rings is 1. The number of aryl methyl sites for hydroxylation is 1. The number of hydrogen-bond acceptors (Lipinski definition) is 6. The Balaban J connectivity index is 1.75. The van der Waals surface area contributed by atoms with E-state index in [0.29, 0.717) is 17.0 Å². The van der Waals surface area contributed by atoms with Gasteiger partial charge in [0, 0.05) is 16.2 Å². The predicted octanol–water partition coefficient (Wildman–Crippen LogP) is 4.24. The van der Waals surface area contributed by atoms with Gasteiger partial charge in [0.2, 0.25) is 11.8 Å². The zero-order valence-electron chi connectivity index (χ0n) is 16.0. The van der Waals surface area contributed by atoms with Gasteiger partial charge in [-0.3, -0.25) is 9.59 Å². The first-order valence-electron chi connectivity index (χ1n) is 9.10. The van der Waals surface area contributed by atoms with Crippen LogP contribution in [0.4, 0.5) is 10.7 Å². The molecule has 1 unspecified atom stereocenters. The van der Waals surface area contributed by atoms with Gasteiger partial charge in [-0.05, 0) is 38.0 Å². The lowest BCUT2D eigenvalue weighted by atomic mass is 10.1. The highest BCUT2D eigenvalue weighted by Gasteiger charge is 2.30. The molecule has 28 heavy (non-hydrogen) atoms. The number of rotatable bonds is 6. The summed E-state index contributed by atoms with van der Waals surface area (Å²) in [5, 5.41) is 5.62. The van der Waals surface area contributed by atoms with E-state index in [1.807, 2.05) is 38.1 Å². The Bertz CT molecular complexity index is 923. The van der Waals surface area contributed by atoms with E-state index < -0.39 is 11.2 Å². The number of para-hydroxylation sites is 1. The number of amides is 2. The van der Waals surface area contributed by atoms with Crippen LogP contribution < -0.4 is 10.6 Å². The highest BCUT2D eigenvalue weighted by Crippen LogP contribution is 2.38. The van der Waals surface area contributed by atoms with E-state index in [2.05, 4.69) is 10.6 Å². The second-order valence-electron chi connectivity index (χ2n) is 6.26. The lowest BCUT2D eigenvalue weighted by Crippen LogP contribution is -2.32. The number of fused-ring (bicyclic) bond motifs is 1. The summed E-state index contributed by atoms with van der Waals surface area (Å²) in [6, 6.07) is 7.50. The van der Waals surface area contributed by atoms with Crippen molar-refractivity contribution in [2.24, 2.45) is 0 Å². The van der Waals surface area contributed by atoms with Crippen molar-refractivity contribution in [2.45, 2.75) is 43.8 Å². The zero-order chi connectivity index (χ0) is 20.3. The summed E-state index contributed by atoms with van der Waals surface area (Å²) in [6.45, 7) is 5.90. The topological polar surface area (TPSA) is 84.5 Å². The fourth-order valence-electron chi connectivity index (χ4n) is 3.08. The molecule has 2 heterocycles. The van der Waals surface area contributed by atoms with Gasteiger partial charge in [-0.1, -0.05) is 19.1 Å². The molecule has 1 atom stereocenters. The summed E-state index contributed by atoms with van der Waals surface area (Å²) >= 11 is 2.73. The Kier molecular flexibility index (Phi) is 6.41. The van der Waals surface area contributed by atoms with Gasteiger partial charge in [-0.15, -0.1) is 23.1 Å². The fraction of sp³-hybridized carbons (Fsp3) is 0.350. The van der Waals surface area contributed by atoms with Crippen molar-refractivity contribution in [3.63, 3.8) is 0 Å². The van der Waals surface area contributed by atoms with Gasteiger partial charge in [0.05, 0.1) is 23.1 Å². The minimum absolute atomic E-state index is 0.0194. The fourth-order valence-corrected chi connectivity index (χ4v) is 5.34. The molecule has 0 saturated carbocycles. The Morgan fingerprint density at radius 2 is 2.00 bits per heavy atom. The molecule has 0 bridgehead atoms. The number of thioether (sulfide) groups is 1. The van der Waals surface area contributed by atoms with Crippen molar-refractivity contribution in [3.8, 4) is 0 Å². The van der Waals surface area contributed by atoms with Gasteiger partial charge in [0.25, 0.3) is 0 Å². The number of ether oxygens (including phenoxy) is 1. The van der Waals surface area contributed by atoms with Gasteiger partial charge >= 0.3 is 5.97 Å². The molecular weight excluding hydrogens is 396 g/mol. The smallest absolute Gasteiger partial charge is 0.341 e. The van der Waals surface area contributed by atoms with Crippen molar-refractivity contribution in [1.29, 1.82) is 0 Å². The molecule has 2 amide bonds. The molecule has 3 rings (SSSR count). The number of anilines is 2. The number of carbonyl (C=O) groups excluding carboxylic acids is 3. The van der Waals surface area contributed by atoms with E-state index in [1.54, 1.807) is 6.92 Å². The quantitative estimate of drug-likeness (QED) is 0.686. The van der Waals surface area contributed by atoms with Crippen molar-refractivity contribution in [2.75, 3.05) is 17.2 Å². The highest BCUT2D eigenvalue weighted by atomic mass is 32.2. The van der Waals surface area contributed by atoms with Crippen LogP contribution in [0.1, 0.15) is 41.1 Å². The third-order valence-electron chi connectivity index (χ3n) is 4.37. The lowest BCUT2D eigenvalue weighted by molar-refractivity contribution is -0.120. The number of nitrogens with one attached hydrogen (secondary N) is 2. The van der Waals surface area contributed by atoms with E-state index >= 15 is 0 Å². The van der Waals surface area contributed by atoms with Crippen LogP contribution in [0.15, 0.2) is 29.2 Å². The molecule has 1 aliphatic rings. The predicted molar refractivity (Wildman–Crippen MR) is 112 cm³/mol. The van der Waals surface area contributed by atoms with E-state index in [-0.39, 0.29) is 24.8 Å². The Hall–Kier alpha value is -2.32. The summed E-state index contributed by atoms with van der Waals surface area (Å²) < 4.78 is 5.16. The summed E-state index contributed by atoms with van der Waals surface area (Å²) in [6.07, 6.45) is 0.690. The summed E-state index contributed by atoms with van der Waals surface area (Å²) in [7, 11) is 0. The van der Waals surface area contributed by atoms with Crippen molar-refractivity contribution in [3.05, 3.63) is 40.3 Å². The summed E-state index contributed by atoms with van der Waals surface area (Å²) in [5.74, 6) is -0.930. The van der Waals surface area contributed by atoms with Crippen molar-refractivity contribution < 1.29 is 19.1 Å². The number of benzene rings is 1. The molecule has 0 fully saturated rings. The third kappa shape index (κ3) is 4.23. The molecule has 0 spiro atoms. The average molecular weight is 419 g/mol. The molecule has 6 nitrogen and oxygen atoms in total. The van der Waals surface area contributed by atoms with Gasteiger partial charge in [0.1, 0.15) is 5.00 Å². The zero-order valence-corrected chi connectivity index (χ0v) is 17.6. The maximum atomic E-state index is 12.6. The van der Waals surface area contributed by atoms with Crippen LogP contribution in [0.2, 0.25) is 0 Å². The lowest BCUT2D eigenvalue weighted by Gasteiger charge is -2.23. The highest BCUT2D eigenvalue weighted by molar-refractivity contribution is 8.01. The SMILES string of the molecule is CCOC(=O)c1c(NC(=O)CC2Sc3ccccc3NC2=O)sc(C)c1CC. The second kappa shape index (κ2) is 8.79. The van der Waals surface area contributed by atoms with Crippen molar-refractivity contribution in [1.82, 2.24) is 0 Å². The van der Waals surface area contributed by atoms with Crippen LogP contribution in [0.25, 0.3) is 0 Å². The van der Waals surface area contributed by atoms with E-state index in [1.165, 1.54) is 23.1 Å². The first-order chi connectivity index (χ1) is 13.4. The minimum Gasteiger partial charge on any atom is -0.462 e. The Morgan fingerprint density at radius 1 is 1.25 bits per heavy atom. The van der Waals surface area contributed by atoms with Crippen LogP contribution in [0.3, 0.4) is 0 Å². The van der Waals surface area contributed by atoms with E-state index in [4.69, 9.17) is 4.74 Å². The minimum atomic E-state index is -0.521. The molecule has 0 radical (unpaired) electrons. The largest absolute Gasteiger partial charge is 0.462 e. The molecule has 2 N–H and O–H groups in total. The van der Waals surface area contributed by atoms with E-state index in [0.717, 1.165) is 21.0 Å². The van der Waals surface area contributed by atoms with Gasteiger partial charge < -0.3 is 15.4 Å². The van der Waals surface area contributed by atoms with Crippen LogP contribution in [-0.2, 0) is 20.7 Å². The normalized spacial score (nSPS) is 15.5. The molecule has 8 heteroatoms. The summed E-state index contributed by atoms with van der Waals surface area (Å²) in [4.78, 5) is 39.2. The number of carbonyl (C=O) groups is 3. The van der Waals surface area contributed by atoms with Crippen LogP contribution in [0.5, 0.6) is 0 Å². The number of hydrogen-bond donors (Lipinski definition) is 2. The number of esters is 1. The first-order valence-corrected chi connectivity index (χ1v) is 10.8. The molecule has 0 aliphatic carbocycles. The van der Waals surface area contributed by atoms with Crippen LogP contribution in [0, 0.1) is 6.92 Å². The van der Waals surface area contributed by atoms with E-state index in [9.17, 15) is 14.4 Å². The monoisotopic (exact) mass is 418 g/mol. The van der Waals surface area contributed by atoms with Crippen LogP contribution >= 0.6 is 23.1 Å². The van der Waals surface area contributed by atoms with Crippen LogP contribution in [-0.4, -0.2) is 29.6 Å². The average Bonchev–Trinajstić information content (AvgIpc) is 2.97. The second-order valence-corrected chi connectivity index (χ2v) is 8.73. The third-order valence-corrected chi connectivity index (χ3v) is 6.71.